The molecule has 1 aromatic carbocycles. The van der Waals surface area contributed by atoms with Crippen LogP contribution in [0.2, 0.25) is 0 Å². The van der Waals surface area contributed by atoms with Crippen LogP contribution in [-0.4, -0.2) is 11.2 Å². The van der Waals surface area contributed by atoms with Gasteiger partial charge in [-0.05, 0) is 66.2 Å². The van der Waals surface area contributed by atoms with Crippen LogP contribution in [0, 0.1) is 6.92 Å². The molecule has 0 atom stereocenters. The Morgan fingerprint density at radius 3 is 1.71 bits per heavy atom. The van der Waals surface area contributed by atoms with Gasteiger partial charge in [0, 0.05) is 0 Å². The third kappa shape index (κ3) is 5.12. The van der Waals surface area contributed by atoms with E-state index in [4.69, 9.17) is 9.47 Å². The number of hydrogen-bond acceptors (Lipinski definition) is 2. The van der Waals surface area contributed by atoms with Gasteiger partial charge < -0.3 is 9.47 Å². The highest BCUT2D eigenvalue weighted by atomic mass is 16.5. The van der Waals surface area contributed by atoms with E-state index in [1.807, 2.05) is 59.7 Å². The van der Waals surface area contributed by atoms with E-state index in [0.717, 1.165) is 11.5 Å². The maximum atomic E-state index is 5.93. The summed E-state index contributed by atoms with van der Waals surface area (Å²) in [6, 6.07) is 6.03. The highest BCUT2D eigenvalue weighted by Crippen LogP contribution is 2.33. The number of aryl methyl sites for hydroxylation is 1. The first kappa shape index (κ1) is 13.9. The van der Waals surface area contributed by atoms with E-state index in [2.05, 4.69) is 6.92 Å². The molecule has 0 aliphatic heterocycles. The highest BCUT2D eigenvalue weighted by Gasteiger charge is 2.19. The second-order valence-electron chi connectivity index (χ2n) is 6.38. The Labute approximate surface area is 105 Å². The van der Waals surface area contributed by atoms with Crippen LogP contribution in [0.25, 0.3) is 0 Å². The summed E-state index contributed by atoms with van der Waals surface area (Å²) in [5.74, 6) is 1.62. The van der Waals surface area contributed by atoms with Crippen molar-refractivity contribution in [3.8, 4) is 11.5 Å². The van der Waals surface area contributed by atoms with E-state index in [1.165, 1.54) is 5.56 Å². The molecule has 1 rings (SSSR count). The molecule has 1 aromatic rings. The van der Waals surface area contributed by atoms with E-state index >= 15 is 0 Å². The molecule has 0 saturated carbocycles. The zero-order valence-electron chi connectivity index (χ0n) is 12.0. The molecule has 17 heavy (non-hydrogen) atoms. The van der Waals surface area contributed by atoms with Crippen molar-refractivity contribution in [2.24, 2.45) is 0 Å². The van der Waals surface area contributed by atoms with Crippen molar-refractivity contribution in [2.75, 3.05) is 0 Å². The third-order valence-electron chi connectivity index (χ3n) is 1.93. The van der Waals surface area contributed by atoms with Gasteiger partial charge in [-0.25, -0.2) is 0 Å². The first-order valence-corrected chi connectivity index (χ1v) is 6.05. The molecule has 2 nitrogen and oxygen atoms in total. The standard InChI is InChI=1S/C15H24O2/c1-11-8-9-12(16-14(2,3)4)13(10-11)17-15(5,6)7/h8-10H,1-7H3. The van der Waals surface area contributed by atoms with E-state index < -0.39 is 0 Å². The maximum Gasteiger partial charge on any atom is 0.162 e. The van der Waals surface area contributed by atoms with Gasteiger partial charge in [-0.2, -0.15) is 0 Å². The molecule has 0 spiro atoms. The molecule has 2 heteroatoms. The van der Waals surface area contributed by atoms with Crippen molar-refractivity contribution < 1.29 is 9.47 Å². The Morgan fingerprint density at radius 2 is 1.24 bits per heavy atom. The summed E-state index contributed by atoms with van der Waals surface area (Å²) in [7, 11) is 0. The second kappa shape index (κ2) is 4.59. The van der Waals surface area contributed by atoms with Gasteiger partial charge in [-0.1, -0.05) is 6.07 Å². The predicted octanol–water partition coefficient (Wildman–Crippen LogP) is 4.35. The Kier molecular flexibility index (Phi) is 3.75. The summed E-state index contributed by atoms with van der Waals surface area (Å²) in [6.07, 6.45) is 0. The lowest BCUT2D eigenvalue weighted by atomic mass is 10.1. The fourth-order valence-corrected chi connectivity index (χ4v) is 1.44. The van der Waals surface area contributed by atoms with Crippen molar-refractivity contribution in [1.82, 2.24) is 0 Å². The van der Waals surface area contributed by atoms with Gasteiger partial charge >= 0.3 is 0 Å². The Hall–Kier alpha value is -1.18. The van der Waals surface area contributed by atoms with Crippen LogP contribution in [0.3, 0.4) is 0 Å². The van der Waals surface area contributed by atoms with Crippen molar-refractivity contribution in [3.05, 3.63) is 23.8 Å². The SMILES string of the molecule is Cc1ccc(OC(C)(C)C)c(OC(C)(C)C)c1. The molecule has 0 radical (unpaired) electrons. The average Bonchev–Trinajstić information content (AvgIpc) is 2.05. The second-order valence-corrected chi connectivity index (χ2v) is 6.38. The maximum absolute atomic E-state index is 5.93. The first-order chi connectivity index (χ1) is 7.57. The van der Waals surface area contributed by atoms with Gasteiger partial charge in [-0.3, -0.25) is 0 Å². The summed E-state index contributed by atoms with van der Waals surface area (Å²) in [6.45, 7) is 14.3. The highest BCUT2D eigenvalue weighted by molar-refractivity contribution is 5.43. The van der Waals surface area contributed by atoms with Crippen LogP contribution >= 0.6 is 0 Å². The van der Waals surface area contributed by atoms with Gasteiger partial charge in [0.15, 0.2) is 11.5 Å². The van der Waals surface area contributed by atoms with Crippen molar-refractivity contribution in [3.63, 3.8) is 0 Å². The van der Waals surface area contributed by atoms with Crippen LogP contribution in [0.1, 0.15) is 47.1 Å². The molecule has 0 heterocycles. The molecule has 0 saturated heterocycles. The summed E-state index contributed by atoms with van der Waals surface area (Å²) in [5, 5.41) is 0. The van der Waals surface area contributed by atoms with Gasteiger partial charge in [0.25, 0.3) is 0 Å². The summed E-state index contributed by atoms with van der Waals surface area (Å²) >= 11 is 0. The van der Waals surface area contributed by atoms with Crippen molar-refractivity contribution >= 4 is 0 Å². The Bertz CT molecular complexity index is 381. The third-order valence-corrected chi connectivity index (χ3v) is 1.93. The molecule has 0 fully saturated rings. The van der Waals surface area contributed by atoms with E-state index in [9.17, 15) is 0 Å². The van der Waals surface area contributed by atoms with Crippen LogP contribution in [0.4, 0.5) is 0 Å². The summed E-state index contributed by atoms with van der Waals surface area (Å²) in [4.78, 5) is 0. The summed E-state index contributed by atoms with van der Waals surface area (Å²) in [5.41, 5.74) is 0.736. The monoisotopic (exact) mass is 236 g/mol. The zero-order chi connectivity index (χ0) is 13.3. The van der Waals surface area contributed by atoms with E-state index in [1.54, 1.807) is 0 Å². The average molecular weight is 236 g/mol. The fourth-order valence-electron chi connectivity index (χ4n) is 1.44. The molecule has 0 unspecified atom stereocenters. The van der Waals surface area contributed by atoms with Crippen LogP contribution in [0.15, 0.2) is 18.2 Å². The predicted molar refractivity (Wildman–Crippen MR) is 71.9 cm³/mol. The minimum Gasteiger partial charge on any atom is -0.484 e. The molecule has 96 valence electrons. The molecule has 0 bridgehead atoms. The topological polar surface area (TPSA) is 18.5 Å². The molecule has 0 aliphatic rings. The molecular weight excluding hydrogens is 212 g/mol. The smallest absolute Gasteiger partial charge is 0.162 e. The number of benzene rings is 1. The number of rotatable bonds is 2. The lowest BCUT2D eigenvalue weighted by Gasteiger charge is -2.27. The lowest BCUT2D eigenvalue weighted by molar-refractivity contribution is 0.0957. The molecule has 0 amide bonds. The van der Waals surface area contributed by atoms with Crippen LogP contribution in [-0.2, 0) is 0 Å². The van der Waals surface area contributed by atoms with Crippen LogP contribution in [0.5, 0.6) is 11.5 Å². The lowest BCUT2D eigenvalue weighted by Crippen LogP contribution is -2.26. The Balaban J connectivity index is 3.04. The van der Waals surface area contributed by atoms with Gasteiger partial charge in [0.1, 0.15) is 11.2 Å². The van der Waals surface area contributed by atoms with Crippen LogP contribution < -0.4 is 9.47 Å². The zero-order valence-corrected chi connectivity index (χ0v) is 12.0. The molecule has 0 aliphatic carbocycles. The minimum absolute atomic E-state index is 0.217. The number of hydrogen-bond donors (Lipinski definition) is 0. The minimum atomic E-state index is -0.218. The van der Waals surface area contributed by atoms with Gasteiger partial charge in [0.2, 0.25) is 0 Å². The normalized spacial score (nSPS) is 12.4. The molecular formula is C15H24O2. The van der Waals surface area contributed by atoms with E-state index in [-0.39, 0.29) is 11.2 Å². The summed E-state index contributed by atoms with van der Waals surface area (Å²) < 4.78 is 11.8. The number of ether oxygens (including phenoxy) is 2. The quantitative estimate of drug-likeness (QED) is 0.760. The molecule has 0 aromatic heterocycles. The van der Waals surface area contributed by atoms with Crippen molar-refractivity contribution in [2.45, 2.75) is 59.7 Å². The first-order valence-electron chi connectivity index (χ1n) is 6.05. The molecule has 0 N–H and O–H groups in total. The van der Waals surface area contributed by atoms with Gasteiger partial charge in [-0.15, -0.1) is 0 Å². The fraction of sp³-hybridized carbons (Fsp3) is 0.600. The van der Waals surface area contributed by atoms with Gasteiger partial charge in [0.05, 0.1) is 0 Å². The Morgan fingerprint density at radius 1 is 0.765 bits per heavy atom. The van der Waals surface area contributed by atoms with E-state index in [0.29, 0.717) is 0 Å². The van der Waals surface area contributed by atoms with Crippen molar-refractivity contribution in [1.29, 1.82) is 0 Å². The largest absolute Gasteiger partial charge is 0.484 e.